The standard InChI is InChI=1S/C17H15BrClFO/c18-14-2-1-12-9-17(21,6-5-11(12)7-14)10-13-8-15(20)3-4-16(13)19/h1-4,7-8,21H,5-6,9-10H2. The highest BCUT2D eigenvalue weighted by Gasteiger charge is 2.33. The van der Waals surface area contributed by atoms with Gasteiger partial charge in [0.05, 0.1) is 5.60 Å². The van der Waals surface area contributed by atoms with Crippen molar-refractivity contribution in [2.45, 2.75) is 31.3 Å². The molecular weight excluding hydrogens is 355 g/mol. The Morgan fingerprint density at radius 1 is 1.19 bits per heavy atom. The van der Waals surface area contributed by atoms with Crippen LogP contribution in [0.5, 0.6) is 0 Å². The van der Waals surface area contributed by atoms with Gasteiger partial charge in [0, 0.05) is 22.3 Å². The molecule has 0 radical (unpaired) electrons. The van der Waals surface area contributed by atoms with Gasteiger partial charge < -0.3 is 5.11 Å². The molecule has 2 aromatic rings. The van der Waals surface area contributed by atoms with E-state index in [0.717, 1.165) is 16.5 Å². The SMILES string of the molecule is OC1(Cc2cc(F)ccc2Cl)CCc2cc(Br)ccc2C1. The molecule has 0 aromatic heterocycles. The predicted molar refractivity (Wildman–Crippen MR) is 86.2 cm³/mol. The maximum atomic E-state index is 13.4. The van der Waals surface area contributed by atoms with Gasteiger partial charge in [-0.25, -0.2) is 4.39 Å². The van der Waals surface area contributed by atoms with Crippen molar-refractivity contribution in [2.24, 2.45) is 0 Å². The van der Waals surface area contributed by atoms with Gasteiger partial charge in [-0.15, -0.1) is 0 Å². The summed E-state index contributed by atoms with van der Waals surface area (Å²) in [4.78, 5) is 0. The van der Waals surface area contributed by atoms with E-state index in [0.29, 0.717) is 29.8 Å². The zero-order valence-electron chi connectivity index (χ0n) is 11.4. The van der Waals surface area contributed by atoms with E-state index in [4.69, 9.17) is 11.6 Å². The zero-order valence-corrected chi connectivity index (χ0v) is 13.7. The lowest BCUT2D eigenvalue weighted by Gasteiger charge is -2.34. The average Bonchev–Trinajstić information content (AvgIpc) is 2.43. The third-order valence-corrected chi connectivity index (χ3v) is 4.94. The average molecular weight is 370 g/mol. The maximum Gasteiger partial charge on any atom is 0.123 e. The minimum absolute atomic E-state index is 0.321. The first-order valence-electron chi connectivity index (χ1n) is 6.89. The Hall–Kier alpha value is -0.900. The van der Waals surface area contributed by atoms with Crippen molar-refractivity contribution < 1.29 is 9.50 Å². The molecule has 1 atom stereocenters. The molecule has 1 N–H and O–H groups in total. The Balaban J connectivity index is 1.86. The quantitative estimate of drug-likeness (QED) is 0.813. The van der Waals surface area contributed by atoms with Crippen molar-refractivity contribution in [3.05, 3.63) is 68.4 Å². The van der Waals surface area contributed by atoms with Crippen molar-refractivity contribution in [1.82, 2.24) is 0 Å². The molecule has 0 saturated heterocycles. The van der Waals surface area contributed by atoms with Gasteiger partial charge in [0.1, 0.15) is 5.82 Å². The van der Waals surface area contributed by atoms with Crippen LogP contribution in [0.2, 0.25) is 5.02 Å². The van der Waals surface area contributed by atoms with E-state index in [1.807, 2.05) is 12.1 Å². The first-order chi connectivity index (χ1) is 9.95. The van der Waals surface area contributed by atoms with E-state index < -0.39 is 5.60 Å². The van der Waals surface area contributed by atoms with Gasteiger partial charge in [0.25, 0.3) is 0 Å². The van der Waals surface area contributed by atoms with E-state index in [9.17, 15) is 9.50 Å². The Kier molecular flexibility index (Phi) is 4.08. The third kappa shape index (κ3) is 3.31. The van der Waals surface area contributed by atoms with Crippen molar-refractivity contribution >= 4 is 27.5 Å². The van der Waals surface area contributed by atoms with Crippen LogP contribution in [0.4, 0.5) is 4.39 Å². The van der Waals surface area contributed by atoms with Crippen LogP contribution in [-0.2, 0) is 19.3 Å². The molecule has 4 heteroatoms. The molecule has 0 spiro atoms. The fourth-order valence-corrected chi connectivity index (χ4v) is 3.59. The second-order valence-corrected chi connectivity index (χ2v) is 7.05. The topological polar surface area (TPSA) is 20.2 Å². The highest BCUT2D eigenvalue weighted by atomic mass is 79.9. The van der Waals surface area contributed by atoms with E-state index in [-0.39, 0.29) is 5.82 Å². The molecule has 3 rings (SSSR count). The fraction of sp³-hybridized carbons (Fsp3) is 0.294. The van der Waals surface area contributed by atoms with Gasteiger partial charge in [0.2, 0.25) is 0 Å². The first kappa shape index (κ1) is 15.0. The summed E-state index contributed by atoms with van der Waals surface area (Å²) in [5.74, 6) is -0.321. The summed E-state index contributed by atoms with van der Waals surface area (Å²) in [5.41, 5.74) is 2.22. The Labute approximate surface area is 136 Å². The van der Waals surface area contributed by atoms with Crippen molar-refractivity contribution in [3.63, 3.8) is 0 Å². The van der Waals surface area contributed by atoms with Crippen LogP contribution < -0.4 is 0 Å². The van der Waals surface area contributed by atoms with Crippen molar-refractivity contribution in [3.8, 4) is 0 Å². The number of hydrogen-bond donors (Lipinski definition) is 1. The molecule has 1 aliphatic carbocycles. The summed E-state index contributed by atoms with van der Waals surface area (Å²) in [5, 5.41) is 11.4. The molecule has 1 aliphatic rings. The van der Waals surface area contributed by atoms with Crippen LogP contribution in [0.1, 0.15) is 23.1 Å². The lowest BCUT2D eigenvalue weighted by Crippen LogP contribution is -2.38. The minimum atomic E-state index is -0.863. The number of rotatable bonds is 2. The number of benzene rings is 2. The van der Waals surface area contributed by atoms with Crippen LogP contribution >= 0.6 is 27.5 Å². The van der Waals surface area contributed by atoms with Crippen LogP contribution in [0, 0.1) is 5.82 Å². The molecule has 0 heterocycles. The van der Waals surface area contributed by atoms with Gasteiger partial charge in [-0.3, -0.25) is 0 Å². The molecule has 1 nitrogen and oxygen atoms in total. The van der Waals surface area contributed by atoms with Gasteiger partial charge in [-0.2, -0.15) is 0 Å². The summed E-state index contributed by atoms with van der Waals surface area (Å²) >= 11 is 9.58. The van der Waals surface area contributed by atoms with E-state index in [2.05, 4.69) is 22.0 Å². The largest absolute Gasteiger partial charge is 0.389 e. The maximum absolute atomic E-state index is 13.4. The molecule has 0 amide bonds. The molecule has 0 aliphatic heterocycles. The van der Waals surface area contributed by atoms with Gasteiger partial charge in [-0.1, -0.05) is 33.6 Å². The lowest BCUT2D eigenvalue weighted by molar-refractivity contribution is 0.0267. The number of halogens is 3. The lowest BCUT2D eigenvalue weighted by atomic mass is 9.77. The fourth-order valence-electron chi connectivity index (χ4n) is 2.99. The predicted octanol–water partition coefficient (Wildman–Crippen LogP) is 4.70. The summed E-state index contributed by atoms with van der Waals surface area (Å²) in [6, 6.07) is 10.4. The first-order valence-corrected chi connectivity index (χ1v) is 8.06. The summed E-state index contributed by atoms with van der Waals surface area (Å²) in [6.45, 7) is 0. The number of aliphatic hydroxyl groups is 1. The second kappa shape index (κ2) is 5.71. The highest BCUT2D eigenvalue weighted by molar-refractivity contribution is 9.10. The van der Waals surface area contributed by atoms with Crippen LogP contribution in [0.25, 0.3) is 0 Å². The smallest absolute Gasteiger partial charge is 0.123 e. The number of aryl methyl sites for hydroxylation is 1. The van der Waals surface area contributed by atoms with Gasteiger partial charge in [-0.05, 0) is 59.9 Å². The molecular formula is C17H15BrClFO. The molecule has 1 unspecified atom stereocenters. The zero-order chi connectivity index (χ0) is 15.0. The normalized spacial score (nSPS) is 21.1. The van der Waals surface area contributed by atoms with E-state index >= 15 is 0 Å². The third-order valence-electron chi connectivity index (χ3n) is 4.07. The number of fused-ring (bicyclic) bond motifs is 1. The van der Waals surface area contributed by atoms with E-state index in [1.165, 1.54) is 17.7 Å². The number of hydrogen-bond acceptors (Lipinski definition) is 1. The highest BCUT2D eigenvalue weighted by Crippen LogP contribution is 2.34. The minimum Gasteiger partial charge on any atom is -0.389 e. The Morgan fingerprint density at radius 2 is 2.00 bits per heavy atom. The van der Waals surface area contributed by atoms with Gasteiger partial charge >= 0.3 is 0 Å². The monoisotopic (exact) mass is 368 g/mol. The van der Waals surface area contributed by atoms with Crippen LogP contribution in [-0.4, -0.2) is 10.7 Å². The van der Waals surface area contributed by atoms with Crippen LogP contribution in [0.3, 0.4) is 0 Å². The molecule has 0 bridgehead atoms. The Morgan fingerprint density at radius 3 is 2.81 bits per heavy atom. The molecule has 2 aromatic carbocycles. The summed E-state index contributed by atoms with van der Waals surface area (Å²) in [7, 11) is 0. The van der Waals surface area contributed by atoms with Crippen molar-refractivity contribution in [1.29, 1.82) is 0 Å². The van der Waals surface area contributed by atoms with Gasteiger partial charge in [0.15, 0.2) is 0 Å². The van der Waals surface area contributed by atoms with Crippen LogP contribution in [0.15, 0.2) is 40.9 Å². The molecule has 21 heavy (non-hydrogen) atoms. The summed E-state index contributed by atoms with van der Waals surface area (Å²) < 4.78 is 14.4. The Bertz CT molecular complexity index is 688. The second-order valence-electron chi connectivity index (χ2n) is 5.73. The summed E-state index contributed by atoms with van der Waals surface area (Å²) in [6.07, 6.45) is 2.42. The molecule has 110 valence electrons. The van der Waals surface area contributed by atoms with E-state index in [1.54, 1.807) is 6.07 Å². The molecule has 0 fully saturated rings. The van der Waals surface area contributed by atoms with Crippen molar-refractivity contribution in [2.75, 3.05) is 0 Å². The molecule has 0 saturated carbocycles.